The number of nitrogens with one attached hydrogen (secondary N) is 1. The molecule has 6 nitrogen and oxygen atoms in total. The lowest BCUT2D eigenvalue weighted by atomic mass is 10.2. The molecular weight excluding hydrogens is 280 g/mol. The molecule has 3 rings (SSSR count). The predicted molar refractivity (Wildman–Crippen MR) is 81.2 cm³/mol. The number of aromatic nitrogens is 3. The third kappa shape index (κ3) is 2.90. The van der Waals surface area contributed by atoms with Crippen molar-refractivity contribution in [2.45, 2.75) is 13.5 Å². The number of amides is 1. The van der Waals surface area contributed by atoms with Crippen molar-refractivity contribution in [2.75, 3.05) is 6.54 Å². The Morgan fingerprint density at radius 1 is 1.32 bits per heavy atom. The smallest absolute Gasteiger partial charge is 0.254 e. The maximum Gasteiger partial charge on any atom is 0.254 e. The summed E-state index contributed by atoms with van der Waals surface area (Å²) in [5.41, 5.74) is 2.57. The first-order valence-corrected chi connectivity index (χ1v) is 6.98. The van der Waals surface area contributed by atoms with Crippen LogP contribution in [0.4, 0.5) is 0 Å². The Bertz CT molecular complexity index is 748. The van der Waals surface area contributed by atoms with E-state index in [1.807, 2.05) is 25.3 Å². The highest BCUT2D eigenvalue weighted by molar-refractivity contribution is 5.93. The minimum atomic E-state index is -0.142. The molecule has 6 heteroatoms. The van der Waals surface area contributed by atoms with E-state index in [0.717, 1.165) is 17.1 Å². The van der Waals surface area contributed by atoms with Crippen LogP contribution in [0.2, 0.25) is 0 Å². The Balaban J connectivity index is 1.68. The van der Waals surface area contributed by atoms with Crippen LogP contribution in [-0.4, -0.2) is 27.0 Å². The zero-order valence-electron chi connectivity index (χ0n) is 12.2. The minimum Gasteiger partial charge on any atom is -0.472 e. The molecule has 0 aromatic carbocycles. The number of carbonyl (C=O) groups excluding carboxylic acids is 1. The van der Waals surface area contributed by atoms with Crippen LogP contribution < -0.4 is 5.32 Å². The fourth-order valence-electron chi connectivity index (χ4n) is 2.25. The molecule has 3 heterocycles. The summed E-state index contributed by atoms with van der Waals surface area (Å²) in [6.45, 7) is 3.15. The zero-order valence-corrected chi connectivity index (χ0v) is 12.2. The molecular formula is C16H16N4O2. The lowest BCUT2D eigenvalue weighted by Gasteiger charge is -2.10. The normalized spacial score (nSPS) is 10.6. The number of carbonyl (C=O) groups is 1. The number of aryl methyl sites for hydroxylation is 1. The van der Waals surface area contributed by atoms with Gasteiger partial charge in [0.15, 0.2) is 0 Å². The molecule has 0 aliphatic carbocycles. The number of nitrogens with zero attached hydrogens (tertiary/aromatic N) is 3. The SMILES string of the molecule is Cc1cnc(-c2ccncc2)n1CCNC(=O)c1ccoc1. The van der Waals surface area contributed by atoms with E-state index >= 15 is 0 Å². The second kappa shape index (κ2) is 6.26. The fourth-order valence-corrected chi connectivity index (χ4v) is 2.25. The second-order valence-corrected chi connectivity index (χ2v) is 4.88. The standard InChI is InChI=1S/C16H16N4O2/c1-12-10-19-15(13-2-5-17-6-3-13)20(12)8-7-18-16(21)14-4-9-22-11-14/h2-6,9-11H,7-8H2,1H3,(H,18,21). The van der Waals surface area contributed by atoms with Gasteiger partial charge in [0.2, 0.25) is 0 Å². The average Bonchev–Trinajstić information content (AvgIpc) is 3.19. The van der Waals surface area contributed by atoms with E-state index in [0.29, 0.717) is 18.7 Å². The third-order valence-electron chi connectivity index (χ3n) is 3.40. The fraction of sp³-hybridized carbons (Fsp3) is 0.188. The van der Waals surface area contributed by atoms with Crippen LogP contribution in [0.5, 0.6) is 0 Å². The van der Waals surface area contributed by atoms with Crippen molar-refractivity contribution >= 4 is 5.91 Å². The molecule has 0 atom stereocenters. The number of imidazole rings is 1. The van der Waals surface area contributed by atoms with Crippen LogP contribution >= 0.6 is 0 Å². The maximum atomic E-state index is 11.9. The molecule has 0 unspecified atom stereocenters. The Kier molecular flexibility index (Phi) is 4.00. The van der Waals surface area contributed by atoms with Gasteiger partial charge in [-0.2, -0.15) is 0 Å². The Morgan fingerprint density at radius 3 is 2.86 bits per heavy atom. The van der Waals surface area contributed by atoms with Gasteiger partial charge in [-0.05, 0) is 25.1 Å². The van der Waals surface area contributed by atoms with Crippen LogP contribution in [0.3, 0.4) is 0 Å². The first-order valence-electron chi connectivity index (χ1n) is 6.98. The van der Waals surface area contributed by atoms with E-state index in [1.165, 1.54) is 12.5 Å². The molecule has 0 fully saturated rings. The Morgan fingerprint density at radius 2 is 2.14 bits per heavy atom. The molecule has 0 saturated heterocycles. The summed E-state index contributed by atoms with van der Waals surface area (Å²) in [5.74, 6) is 0.731. The number of hydrogen-bond donors (Lipinski definition) is 1. The summed E-state index contributed by atoms with van der Waals surface area (Å²) < 4.78 is 6.98. The first kappa shape index (κ1) is 14.1. The Hall–Kier alpha value is -2.89. The quantitative estimate of drug-likeness (QED) is 0.784. The molecule has 112 valence electrons. The van der Waals surface area contributed by atoms with E-state index < -0.39 is 0 Å². The van der Waals surface area contributed by atoms with Crippen molar-refractivity contribution in [3.63, 3.8) is 0 Å². The third-order valence-corrected chi connectivity index (χ3v) is 3.40. The molecule has 0 saturated carbocycles. The van der Waals surface area contributed by atoms with Crippen LogP contribution in [0.15, 0.2) is 53.7 Å². The van der Waals surface area contributed by atoms with Crippen LogP contribution in [0.25, 0.3) is 11.4 Å². The number of furan rings is 1. The summed E-state index contributed by atoms with van der Waals surface area (Å²) in [6, 6.07) is 5.48. The largest absolute Gasteiger partial charge is 0.472 e. The molecule has 0 radical (unpaired) electrons. The summed E-state index contributed by atoms with van der Waals surface area (Å²) >= 11 is 0. The summed E-state index contributed by atoms with van der Waals surface area (Å²) in [6.07, 6.45) is 8.22. The van der Waals surface area contributed by atoms with Crippen LogP contribution in [0, 0.1) is 6.92 Å². The Labute approximate surface area is 127 Å². The van der Waals surface area contributed by atoms with Crippen molar-refractivity contribution < 1.29 is 9.21 Å². The van der Waals surface area contributed by atoms with Gasteiger partial charge in [-0.1, -0.05) is 0 Å². The monoisotopic (exact) mass is 296 g/mol. The number of rotatable bonds is 5. The highest BCUT2D eigenvalue weighted by atomic mass is 16.3. The van der Waals surface area contributed by atoms with E-state index in [-0.39, 0.29) is 5.91 Å². The highest BCUT2D eigenvalue weighted by Crippen LogP contribution is 2.18. The average molecular weight is 296 g/mol. The first-order chi connectivity index (χ1) is 10.8. The van der Waals surface area contributed by atoms with E-state index in [1.54, 1.807) is 18.5 Å². The number of hydrogen-bond acceptors (Lipinski definition) is 4. The van der Waals surface area contributed by atoms with Gasteiger partial charge in [-0.15, -0.1) is 0 Å². The van der Waals surface area contributed by atoms with Crippen molar-refractivity contribution in [3.05, 3.63) is 60.6 Å². The van der Waals surface area contributed by atoms with Crippen molar-refractivity contribution in [1.82, 2.24) is 19.9 Å². The summed E-state index contributed by atoms with van der Waals surface area (Å²) in [5, 5.41) is 2.87. The van der Waals surface area contributed by atoms with Gasteiger partial charge < -0.3 is 14.3 Å². The van der Waals surface area contributed by atoms with Gasteiger partial charge in [0.05, 0.1) is 11.8 Å². The van der Waals surface area contributed by atoms with Gasteiger partial charge in [0.25, 0.3) is 5.91 Å². The lowest BCUT2D eigenvalue weighted by Crippen LogP contribution is -2.27. The van der Waals surface area contributed by atoms with Crippen molar-refractivity contribution in [2.24, 2.45) is 0 Å². The molecule has 1 amide bonds. The van der Waals surface area contributed by atoms with Crippen molar-refractivity contribution in [3.8, 4) is 11.4 Å². The minimum absolute atomic E-state index is 0.142. The van der Waals surface area contributed by atoms with E-state index in [9.17, 15) is 4.79 Å². The molecule has 1 N–H and O–H groups in total. The van der Waals surface area contributed by atoms with Gasteiger partial charge in [-0.3, -0.25) is 9.78 Å². The van der Waals surface area contributed by atoms with Crippen molar-refractivity contribution in [1.29, 1.82) is 0 Å². The molecule has 0 spiro atoms. The maximum absolute atomic E-state index is 11.9. The molecule has 3 aromatic rings. The van der Waals surface area contributed by atoms with Gasteiger partial charge in [0, 0.05) is 42.9 Å². The van der Waals surface area contributed by atoms with E-state index in [4.69, 9.17) is 4.42 Å². The second-order valence-electron chi connectivity index (χ2n) is 4.88. The molecule has 0 bridgehead atoms. The molecule has 3 aromatic heterocycles. The highest BCUT2D eigenvalue weighted by Gasteiger charge is 2.10. The van der Waals surface area contributed by atoms with Crippen LogP contribution in [0.1, 0.15) is 16.1 Å². The van der Waals surface area contributed by atoms with Gasteiger partial charge >= 0.3 is 0 Å². The predicted octanol–water partition coefficient (Wildman–Crippen LogP) is 2.28. The summed E-state index contributed by atoms with van der Waals surface area (Å²) in [7, 11) is 0. The molecule has 0 aliphatic rings. The zero-order chi connectivity index (χ0) is 15.4. The topological polar surface area (TPSA) is 73.0 Å². The van der Waals surface area contributed by atoms with E-state index in [2.05, 4.69) is 19.9 Å². The molecule has 22 heavy (non-hydrogen) atoms. The number of pyridine rings is 1. The van der Waals surface area contributed by atoms with Gasteiger partial charge in [-0.25, -0.2) is 4.98 Å². The summed E-state index contributed by atoms with van der Waals surface area (Å²) in [4.78, 5) is 20.3. The molecule has 0 aliphatic heterocycles. The van der Waals surface area contributed by atoms with Crippen LogP contribution in [-0.2, 0) is 6.54 Å². The lowest BCUT2D eigenvalue weighted by molar-refractivity contribution is 0.0951. The van der Waals surface area contributed by atoms with Gasteiger partial charge in [0.1, 0.15) is 12.1 Å².